The fourth-order valence-corrected chi connectivity index (χ4v) is 3.68. The molecule has 34 heavy (non-hydrogen) atoms. The fraction of sp³-hybridized carbons (Fsp3) is 0.240. The molecule has 0 spiro atoms. The van der Waals surface area contributed by atoms with Crippen LogP contribution in [-0.2, 0) is 0 Å². The summed E-state index contributed by atoms with van der Waals surface area (Å²) in [4.78, 5) is 21.3. The Kier molecular flexibility index (Phi) is 5.69. The molecule has 0 radical (unpaired) electrons. The molecule has 0 unspecified atom stereocenters. The summed E-state index contributed by atoms with van der Waals surface area (Å²) in [6, 6.07) is 16.9. The lowest BCUT2D eigenvalue weighted by atomic mass is 10.1. The molecule has 2 N–H and O–H groups in total. The number of carbonyl (C=O) groups is 1. The number of nitrogens with one attached hydrogen (secondary N) is 2. The lowest BCUT2D eigenvalue weighted by molar-refractivity contribution is -0.131. The van der Waals surface area contributed by atoms with Crippen molar-refractivity contribution in [3.8, 4) is 22.5 Å². The Balaban J connectivity index is 1.51. The van der Waals surface area contributed by atoms with Crippen LogP contribution in [0.1, 0.15) is 29.6 Å². The Bertz CT molecular complexity index is 1310. The summed E-state index contributed by atoms with van der Waals surface area (Å²) < 4.78 is 39.9. The van der Waals surface area contributed by atoms with E-state index in [4.69, 9.17) is 0 Å². The summed E-state index contributed by atoms with van der Waals surface area (Å²) in [6.07, 6.45) is 0.254. The molecule has 174 valence electrons. The molecular weight excluding hydrogens is 443 g/mol. The van der Waals surface area contributed by atoms with Gasteiger partial charge >= 0.3 is 6.18 Å². The number of hydrogen-bond acceptors (Lipinski definition) is 4. The first-order valence-electron chi connectivity index (χ1n) is 11.0. The Morgan fingerprint density at radius 2 is 1.76 bits per heavy atom. The molecule has 0 atom stereocenters. The number of rotatable bonds is 7. The van der Waals surface area contributed by atoms with E-state index in [1.165, 1.54) is 0 Å². The molecule has 9 heteroatoms. The van der Waals surface area contributed by atoms with Crippen LogP contribution in [0.4, 0.5) is 19.0 Å². The number of halogens is 3. The van der Waals surface area contributed by atoms with Gasteiger partial charge in [-0.05, 0) is 25.0 Å². The first-order chi connectivity index (χ1) is 16.4. The summed E-state index contributed by atoms with van der Waals surface area (Å²) in [5, 5.41) is 5.76. The molecule has 0 bridgehead atoms. The van der Waals surface area contributed by atoms with Crippen LogP contribution < -0.4 is 10.6 Å². The molecule has 2 heterocycles. The largest absolute Gasteiger partial charge is 0.390 e. The molecule has 2 aromatic heterocycles. The van der Waals surface area contributed by atoms with Crippen molar-refractivity contribution < 1.29 is 18.0 Å². The van der Waals surface area contributed by atoms with Crippen LogP contribution in [0, 0.1) is 0 Å². The lowest BCUT2D eigenvalue weighted by Crippen LogP contribution is -2.25. The quantitative estimate of drug-likeness (QED) is 0.388. The van der Waals surface area contributed by atoms with E-state index in [-0.39, 0.29) is 24.3 Å². The van der Waals surface area contributed by atoms with E-state index < -0.39 is 12.6 Å². The van der Waals surface area contributed by atoms with Crippen LogP contribution in [-0.4, -0.2) is 39.0 Å². The van der Waals surface area contributed by atoms with Gasteiger partial charge in [0.2, 0.25) is 0 Å². The molecule has 2 aromatic carbocycles. The van der Waals surface area contributed by atoms with Gasteiger partial charge in [-0.3, -0.25) is 9.20 Å². The molecule has 0 aliphatic heterocycles. The van der Waals surface area contributed by atoms with Crippen LogP contribution in [0.2, 0.25) is 0 Å². The second-order valence-electron chi connectivity index (χ2n) is 8.29. The van der Waals surface area contributed by atoms with E-state index in [2.05, 4.69) is 20.6 Å². The van der Waals surface area contributed by atoms with Crippen LogP contribution in [0.25, 0.3) is 28.2 Å². The summed E-state index contributed by atoms with van der Waals surface area (Å²) in [5.41, 5.74) is 3.99. The van der Waals surface area contributed by atoms with Crippen molar-refractivity contribution in [2.45, 2.75) is 31.5 Å². The van der Waals surface area contributed by atoms with E-state index >= 15 is 0 Å². The number of carbonyl (C=O) groups excluding carboxylic acids is 1. The van der Waals surface area contributed by atoms with Crippen molar-refractivity contribution in [2.75, 3.05) is 11.9 Å². The third kappa shape index (κ3) is 4.88. The molecule has 1 saturated carbocycles. The van der Waals surface area contributed by atoms with Gasteiger partial charge in [0.15, 0.2) is 11.5 Å². The van der Waals surface area contributed by atoms with Gasteiger partial charge in [0.05, 0.1) is 24.0 Å². The van der Waals surface area contributed by atoms with Crippen molar-refractivity contribution in [3.05, 3.63) is 72.6 Å². The number of imidazole rings is 1. The van der Waals surface area contributed by atoms with Gasteiger partial charge in [-0.2, -0.15) is 13.2 Å². The first-order valence-corrected chi connectivity index (χ1v) is 11.0. The Hall–Kier alpha value is -3.88. The average Bonchev–Trinajstić information content (AvgIpc) is 3.54. The molecule has 0 saturated heterocycles. The van der Waals surface area contributed by atoms with Gasteiger partial charge in [0, 0.05) is 35.5 Å². The topological polar surface area (TPSA) is 71.3 Å². The van der Waals surface area contributed by atoms with Crippen LogP contribution in [0.5, 0.6) is 0 Å². The molecule has 5 rings (SSSR count). The number of anilines is 1. The molecule has 6 nitrogen and oxygen atoms in total. The van der Waals surface area contributed by atoms with Gasteiger partial charge in [-0.15, -0.1) is 0 Å². The van der Waals surface area contributed by atoms with Crippen molar-refractivity contribution >= 4 is 17.4 Å². The number of aromatic nitrogens is 3. The molecule has 1 aliphatic carbocycles. The molecule has 1 fully saturated rings. The van der Waals surface area contributed by atoms with Crippen LogP contribution in [0.3, 0.4) is 0 Å². The highest BCUT2D eigenvalue weighted by Gasteiger charge is 2.27. The minimum absolute atomic E-state index is 0.0982. The number of alkyl halides is 3. The minimum Gasteiger partial charge on any atom is -0.367 e. The second-order valence-corrected chi connectivity index (χ2v) is 8.29. The van der Waals surface area contributed by atoms with Crippen molar-refractivity contribution in [3.63, 3.8) is 0 Å². The lowest BCUT2D eigenvalue weighted by Gasteiger charge is -2.12. The molecule has 1 aliphatic rings. The van der Waals surface area contributed by atoms with Crippen LogP contribution in [0.15, 0.2) is 67.0 Å². The highest BCUT2D eigenvalue weighted by atomic mass is 19.4. The Morgan fingerprint density at radius 1 is 1.03 bits per heavy atom. The zero-order valence-corrected chi connectivity index (χ0v) is 18.1. The van der Waals surface area contributed by atoms with Crippen molar-refractivity contribution in [1.82, 2.24) is 19.7 Å². The first kappa shape index (κ1) is 21.9. The molecule has 4 aromatic rings. The SMILES string of the molecule is O=C(NC1CC1)c1ccc(-c2cnc3c(NCCC(F)(F)F)nc(-c4ccccc4)cn23)cc1. The van der Waals surface area contributed by atoms with Gasteiger partial charge in [-0.1, -0.05) is 42.5 Å². The van der Waals surface area contributed by atoms with E-state index in [0.717, 1.165) is 29.7 Å². The molecular formula is C25H22F3N5O. The third-order valence-electron chi connectivity index (χ3n) is 5.62. The number of nitrogens with zero attached hydrogens (tertiary/aromatic N) is 3. The smallest absolute Gasteiger partial charge is 0.367 e. The number of fused-ring (bicyclic) bond motifs is 1. The maximum atomic E-state index is 12.7. The second kappa shape index (κ2) is 8.81. The van der Waals surface area contributed by atoms with Gasteiger partial charge in [-0.25, -0.2) is 9.97 Å². The standard InChI is InChI=1S/C25H22F3N5O/c26-25(27,28)12-13-29-22-23-30-14-21(33(23)15-20(32-22)16-4-2-1-3-5-16)17-6-8-18(9-7-17)24(34)31-19-10-11-19/h1-9,14-15,19H,10-13H2,(H,29,32)(H,31,34). The molecule has 1 amide bonds. The van der Waals surface area contributed by atoms with E-state index in [9.17, 15) is 18.0 Å². The zero-order valence-electron chi connectivity index (χ0n) is 18.1. The highest BCUT2D eigenvalue weighted by molar-refractivity contribution is 5.95. The zero-order chi connectivity index (χ0) is 23.7. The Morgan fingerprint density at radius 3 is 2.44 bits per heavy atom. The Labute approximate surface area is 193 Å². The number of benzene rings is 2. The summed E-state index contributed by atoms with van der Waals surface area (Å²) in [5.74, 6) is 0.177. The normalized spacial score (nSPS) is 13.7. The summed E-state index contributed by atoms with van der Waals surface area (Å²) in [6.45, 7) is -0.308. The maximum absolute atomic E-state index is 12.7. The highest BCUT2D eigenvalue weighted by Crippen LogP contribution is 2.29. The van der Waals surface area contributed by atoms with Gasteiger partial charge in [0.25, 0.3) is 5.91 Å². The number of hydrogen-bond donors (Lipinski definition) is 2. The number of amides is 1. The van der Waals surface area contributed by atoms with Crippen LogP contribution >= 0.6 is 0 Å². The predicted molar refractivity (Wildman–Crippen MR) is 124 cm³/mol. The van der Waals surface area contributed by atoms with E-state index in [0.29, 0.717) is 16.9 Å². The fourth-order valence-electron chi connectivity index (χ4n) is 3.68. The summed E-state index contributed by atoms with van der Waals surface area (Å²) in [7, 11) is 0. The van der Waals surface area contributed by atoms with Crippen molar-refractivity contribution in [1.29, 1.82) is 0 Å². The van der Waals surface area contributed by atoms with Crippen molar-refractivity contribution in [2.24, 2.45) is 0 Å². The summed E-state index contributed by atoms with van der Waals surface area (Å²) >= 11 is 0. The van der Waals surface area contributed by atoms with E-state index in [1.54, 1.807) is 18.3 Å². The van der Waals surface area contributed by atoms with Gasteiger partial charge < -0.3 is 10.6 Å². The van der Waals surface area contributed by atoms with E-state index in [1.807, 2.05) is 53.1 Å². The third-order valence-corrected chi connectivity index (χ3v) is 5.62. The monoisotopic (exact) mass is 465 g/mol. The minimum atomic E-state index is -4.27. The average molecular weight is 465 g/mol. The predicted octanol–water partition coefficient (Wildman–Crippen LogP) is 5.32. The maximum Gasteiger partial charge on any atom is 0.390 e. The van der Waals surface area contributed by atoms with Gasteiger partial charge in [0.1, 0.15) is 0 Å².